The van der Waals surface area contributed by atoms with Crippen LogP contribution in [0.3, 0.4) is 0 Å². The molecule has 1 amide bonds. The van der Waals surface area contributed by atoms with Gasteiger partial charge in [0.15, 0.2) is 0 Å². The molecule has 158 valence electrons. The third-order valence-corrected chi connectivity index (χ3v) is 5.79. The van der Waals surface area contributed by atoms with Gasteiger partial charge in [0.05, 0.1) is 29.8 Å². The number of hydrogen-bond acceptors (Lipinski definition) is 5. The Morgan fingerprint density at radius 1 is 1.17 bits per heavy atom. The summed E-state index contributed by atoms with van der Waals surface area (Å²) < 4.78 is 30.3. The number of hydrogen-bond donors (Lipinski definition) is 2. The second kappa shape index (κ2) is 8.68. The molecule has 2 aromatic carbocycles. The molecule has 0 aliphatic rings. The molecule has 3 N–H and O–H groups in total. The molecular weight excluding hydrogens is 404 g/mol. The molecule has 0 spiro atoms. The number of nitrogens with two attached hydrogens (primary N) is 1. The molecule has 0 atom stereocenters. The Bertz CT molecular complexity index is 1170. The molecule has 0 saturated heterocycles. The number of sulfonamides is 1. The number of benzene rings is 2. The van der Waals surface area contributed by atoms with Gasteiger partial charge in [-0.2, -0.15) is 5.10 Å². The van der Waals surface area contributed by atoms with Crippen molar-refractivity contribution in [1.29, 1.82) is 0 Å². The van der Waals surface area contributed by atoms with E-state index in [1.807, 2.05) is 48.9 Å². The van der Waals surface area contributed by atoms with E-state index < -0.39 is 15.9 Å². The average molecular weight is 429 g/mol. The molecule has 0 fully saturated rings. The van der Waals surface area contributed by atoms with Crippen LogP contribution in [-0.2, 0) is 23.1 Å². The minimum absolute atomic E-state index is 0.0935. The molecule has 3 aromatic rings. The van der Waals surface area contributed by atoms with E-state index in [1.165, 1.54) is 25.3 Å². The van der Waals surface area contributed by atoms with Gasteiger partial charge < -0.3 is 10.1 Å². The fourth-order valence-electron chi connectivity index (χ4n) is 3.21. The Hall–Kier alpha value is -3.17. The second-order valence-corrected chi connectivity index (χ2v) is 8.44. The van der Waals surface area contributed by atoms with Gasteiger partial charge in [0.2, 0.25) is 10.0 Å². The first-order valence-corrected chi connectivity index (χ1v) is 10.8. The molecule has 1 heterocycles. The molecule has 0 radical (unpaired) electrons. The van der Waals surface area contributed by atoms with Gasteiger partial charge in [-0.25, -0.2) is 13.6 Å². The Labute approximate surface area is 175 Å². The zero-order chi connectivity index (χ0) is 21.9. The lowest BCUT2D eigenvalue weighted by atomic mass is 10.1. The molecule has 8 nitrogen and oxygen atoms in total. The lowest BCUT2D eigenvalue weighted by Crippen LogP contribution is -2.24. The SMILES string of the molecule is COc1ccc(S(N)(=O)=O)cc1C(=O)NCc1c(C)nn(Cc2ccccc2)c1C. The van der Waals surface area contributed by atoms with Gasteiger partial charge in [0, 0.05) is 17.8 Å². The minimum Gasteiger partial charge on any atom is -0.496 e. The molecule has 0 aliphatic heterocycles. The second-order valence-electron chi connectivity index (χ2n) is 6.88. The number of primary sulfonamides is 1. The highest BCUT2D eigenvalue weighted by Gasteiger charge is 2.19. The van der Waals surface area contributed by atoms with E-state index in [2.05, 4.69) is 10.4 Å². The van der Waals surface area contributed by atoms with Crippen LogP contribution in [0.5, 0.6) is 5.75 Å². The topological polar surface area (TPSA) is 116 Å². The quantitative estimate of drug-likeness (QED) is 0.598. The van der Waals surface area contributed by atoms with Crippen molar-refractivity contribution < 1.29 is 17.9 Å². The minimum atomic E-state index is -3.94. The summed E-state index contributed by atoms with van der Waals surface area (Å²) in [5.74, 6) is -0.208. The molecule has 0 bridgehead atoms. The summed E-state index contributed by atoms with van der Waals surface area (Å²) in [5.41, 5.74) is 3.89. The number of carbonyl (C=O) groups is 1. The summed E-state index contributed by atoms with van der Waals surface area (Å²) in [6.45, 7) is 4.71. The summed E-state index contributed by atoms with van der Waals surface area (Å²) in [6, 6.07) is 13.9. The molecule has 3 rings (SSSR count). The van der Waals surface area contributed by atoms with Crippen LogP contribution in [0.15, 0.2) is 53.4 Å². The predicted octanol–water partition coefficient (Wildman–Crippen LogP) is 2.13. The van der Waals surface area contributed by atoms with Crippen LogP contribution < -0.4 is 15.2 Å². The van der Waals surface area contributed by atoms with Gasteiger partial charge in [0.1, 0.15) is 5.75 Å². The van der Waals surface area contributed by atoms with E-state index in [9.17, 15) is 13.2 Å². The van der Waals surface area contributed by atoms with E-state index in [0.717, 1.165) is 22.5 Å². The number of nitrogens with one attached hydrogen (secondary N) is 1. The van der Waals surface area contributed by atoms with Crippen LogP contribution in [0.1, 0.15) is 32.9 Å². The van der Waals surface area contributed by atoms with E-state index in [4.69, 9.17) is 9.88 Å². The van der Waals surface area contributed by atoms with Crippen LogP contribution in [0.4, 0.5) is 0 Å². The number of ether oxygens (including phenoxy) is 1. The molecule has 30 heavy (non-hydrogen) atoms. The van der Waals surface area contributed by atoms with Crippen molar-refractivity contribution >= 4 is 15.9 Å². The standard InChI is InChI=1S/C21H24N4O4S/c1-14-19(15(2)25(24-14)13-16-7-5-4-6-8-16)12-23-21(26)18-11-17(30(22,27)28)9-10-20(18)29-3/h4-11H,12-13H2,1-3H3,(H,23,26)(H2,22,27,28). The highest BCUT2D eigenvalue weighted by atomic mass is 32.2. The maximum Gasteiger partial charge on any atom is 0.255 e. The highest BCUT2D eigenvalue weighted by molar-refractivity contribution is 7.89. The van der Waals surface area contributed by atoms with Crippen molar-refractivity contribution in [2.45, 2.75) is 31.8 Å². The van der Waals surface area contributed by atoms with Crippen LogP contribution in [-0.4, -0.2) is 31.2 Å². The zero-order valence-electron chi connectivity index (χ0n) is 17.0. The molecule has 0 unspecified atom stereocenters. The normalized spacial score (nSPS) is 11.3. The van der Waals surface area contributed by atoms with Crippen molar-refractivity contribution in [1.82, 2.24) is 15.1 Å². The van der Waals surface area contributed by atoms with Crippen molar-refractivity contribution in [2.75, 3.05) is 7.11 Å². The van der Waals surface area contributed by atoms with Crippen molar-refractivity contribution in [3.05, 3.63) is 76.6 Å². The number of methoxy groups -OCH3 is 1. The summed E-state index contributed by atoms with van der Waals surface area (Å²) in [7, 11) is -2.53. The van der Waals surface area contributed by atoms with Gasteiger partial charge in [-0.1, -0.05) is 30.3 Å². The summed E-state index contributed by atoms with van der Waals surface area (Å²) in [5, 5.41) is 12.6. The van der Waals surface area contributed by atoms with Crippen molar-refractivity contribution in [3.63, 3.8) is 0 Å². The monoisotopic (exact) mass is 428 g/mol. The maximum absolute atomic E-state index is 12.7. The predicted molar refractivity (Wildman–Crippen MR) is 113 cm³/mol. The zero-order valence-corrected chi connectivity index (χ0v) is 17.9. The Morgan fingerprint density at radius 3 is 2.50 bits per heavy atom. The van der Waals surface area contributed by atoms with E-state index >= 15 is 0 Å². The van der Waals surface area contributed by atoms with Gasteiger partial charge in [-0.3, -0.25) is 9.48 Å². The number of aromatic nitrogens is 2. The molecule has 9 heteroatoms. The van der Waals surface area contributed by atoms with Gasteiger partial charge in [-0.15, -0.1) is 0 Å². The van der Waals surface area contributed by atoms with Gasteiger partial charge in [-0.05, 0) is 37.6 Å². The Morgan fingerprint density at radius 2 is 1.87 bits per heavy atom. The molecule has 1 aromatic heterocycles. The third kappa shape index (κ3) is 4.69. The smallest absolute Gasteiger partial charge is 0.255 e. The van der Waals surface area contributed by atoms with Crippen molar-refractivity contribution in [3.8, 4) is 5.75 Å². The van der Waals surface area contributed by atoms with E-state index in [0.29, 0.717) is 6.54 Å². The number of aryl methyl sites for hydroxylation is 1. The number of amides is 1. The molecular formula is C21H24N4O4S. The average Bonchev–Trinajstić information content (AvgIpc) is 2.98. The van der Waals surface area contributed by atoms with Crippen LogP contribution >= 0.6 is 0 Å². The fraction of sp³-hybridized carbons (Fsp3) is 0.238. The first kappa shape index (κ1) is 21.5. The summed E-state index contributed by atoms with van der Waals surface area (Å²) in [6.07, 6.45) is 0. The van der Waals surface area contributed by atoms with E-state index in [1.54, 1.807) is 0 Å². The first-order valence-electron chi connectivity index (χ1n) is 9.26. The van der Waals surface area contributed by atoms with Crippen LogP contribution in [0.25, 0.3) is 0 Å². The van der Waals surface area contributed by atoms with Gasteiger partial charge in [0.25, 0.3) is 5.91 Å². The van der Waals surface area contributed by atoms with Gasteiger partial charge >= 0.3 is 0 Å². The third-order valence-electron chi connectivity index (χ3n) is 4.88. The number of nitrogens with zero attached hydrogens (tertiary/aromatic N) is 2. The van der Waals surface area contributed by atoms with Crippen LogP contribution in [0, 0.1) is 13.8 Å². The van der Waals surface area contributed by atoms with Crippen LogP contribution in [0.2, 0.25) is 0 Å². The molecule has 0 saturated carbocycles. The lowest BCUT2D eigenvalue weighted by molar-refractivity contribution is 0.0947. The molecule has 0 aliphatic carbocycles. The van der Waals surface area contributed by atoms with E-state index in [-0.39, 0.29) is 22.8 Å². The Kier molecular flexibility index (Phi) is 6.23. The van der Waals surface area contributed by atoms with Crippen molar-refractivity contribution in [2.24, 2.45) is 5.14 Å². The lowest BCUT2D eigenvalue weighted by Gasteiger charge is -2.11. The number of rotatable bonds is 7. The maximum atomic E-state index is 12.7. The highest BCUT2D eigenvalue weighted by Crippen LogP contribution is 2.22. The fourth-order valence-corrected chi connectivity index (χ4v) is 3.75. The largest absolute Gasteiger partial charge is 0.496 e. The Balaban J connectivity index is 1.80. The summed E-state index contributed by atoms with van der Waals surface area (Å²) >= 11 is 0. The number of carbonyl (C=O) groups excluding carboxylic acids is 1. The summed E-state index contributed by atoms with van der Waals surface area (Å²) in [4.78, 5) is 12.6. The first-order chi connectivity index (χ1) is 14.2.